The molecule has 0 saturated carbocycles. The first-order valence-corrected chi connectivity index (χ1v) is 4.23. The lowest BCUT2D eigenvalue weighted by Crippen LogP contribution is -1.80. The highest BCUT2D eigenvalue weighted by molar-refractivity contribution is 5.99. The Labute approximate surface area is 76.9 Å². The van der Waals surface area contributed by atoms with E-state index in [4.69, 9.17) is 4.42 Å². The zero-order chi connectivity index (χ0) is 9.26. The van der Waals surface area contributed by atoms with Crippen molar-refractivity contribution < 1.29 is 4.42 Å². The molecule has 0 fully saturated rings. The van der Waals surface area contributed by atoms with Crippen molar-refractivity contribution in [3.63, 3.8) is 0 Å². The lowest BCUT2D eigenvalue weighted by Gasteiger charge is -1.87. The average Bonchev–Trinajstić information content (AvgIpc) is 2.44. The highest BCUT2D eigenvalue weighted by Crippen LogP contribution is 2.23. The molecular weight excluding hydrogens is 162 g/mol. The second-order valence-electron chi connectivity index (χ2n) is 2.96. The van der Waals surface area contributed by atoms with Crippen LogP contribution < -0.4 is 0 Å². The SMILES string of the molecule is CN=Cc1c(C)oc2ccccc12. The van der Waals surface area contributed by atoms with Crippen LogP contribution in [0.1, 0.15) is 11.3 Å². The second kappa shape index (κ2) is 3.05. The van der Waals surface area contributed by atoms with Crippen LogP contribution in [0.2, 0.25) is 0 Å². The van der Waals surface area contributed by atoms with Gasteiger partial charge in [0, 0.05) is 24.2 Å². The standard InChI is InChI=1S/C11H11NO/c1-8-10(7-12-2)9-5-3-4-6-11(9)13-8/h3-7H,1-2H3. The number of benzene rings is 1. The number of nitrogens with zero attached hydrogens (tertiary/aromatic N) is 1. The third-order valence-electron chi connectivity index (χ3n) is 2.08. The molecule has 66 valence electrons. The number of fused-ring (bicyclic) bond motifs is 1. The lowest BCUT2D eigenvalue weighted by molar-refractivity contribution is 0.578. The zero-order valence-electron chi connectivity index (χ0n) is 7.74. The highest BCUT2D eigenvalue weighted by atomic mass is 16.3. The van der Waals surface area contributed by atoms with Gasteiger partial charge in [-0.3, -0.25) is 4.99 Å². The van der Waals surface area contributed by atoms with Crippen molar-refractivity contribution in [1.82, 2.24) is 0 Å². The van der Waals surface area contributed by atoms with E-state index in [1.807, 2.05) is 37.4 Å². The molecule has 0 atom stereocenters. The van der Waals surface area contributed by atoms with Gasteiger partial charge in [0.05, 0.1) is 0 Å². The highest BCUT2D eigenvalue weighted by Gasteiger charge is 2.06. The Morgan fingerprint density at radius 2 is 2.08 bits per heavy atom. The van der Waals surface area contributed by atoms with Crippen LogP contribution in [-0.4, -0.2) is 13.3 Å². The number of aryl methyl sites for hydroxylation is 1. The van der Waals surface area contributed by atoms with Crippen LogP contribution in [0.5, 0.6) is 0 Å². The molecule has 0 N–H and O–H groups in total. The fourth-order valence-corrected chi connectivity index (χ4v) is 1.48. The van der Waals surface area contributed by atoms with Gasteiger partial charge in [-0.15, -0.1) is 0 Å². The molecule has 0 aliphatic carbocycles. The summed E-state index contributed by atoms with van der Waals surface area (Å²) in [6, 6.07) is 7.99. The van der Waals surface area contributed by atoms with Gasteiger partial charge in [0.15, 0.2) is 0 Å². The molecule has 1 heterocycles. The molecule has 0 saturated heterocycles. The summed E-state index contributed by atoms with van der Waals surface area (Å²) in [5.74, 6) is 0.923. The molecule has 0 spiro atoms. The summed E-state index contributed by atoms with van der Waals surface area (Å²) in [7, 11) is 1.77. The molecule has 0 bridgehead atoms. The van der Waals surface area contributed by atoms with E-state index < -0.39 is 0 Å². The Hall–Kier alpha value is -1.57. The fraction of sp³-hybridized carbons (Fsp3) is 0.182. The van der Waals surface area contributed by atoms with Crippen LogP contribution in [0.15, 0.2) is 33.7 Å². The Morgan fingerprint density at radius 3 is 2.85 bits per heavy atom. The maximum absolute atomic E-state index is 5.56. The van der Waals surface area contributed by atoms with Crippen molar-refractivity contribution in [2.75, 3.05) is 7.05 Å². The van der Waals surface area contributed by atoms with Crippen LogP contribution in [0.4, 0.5) is 0 Å². The molecule has 2 heteroatoms. The maximum atomic E-state index is 5.56. The quantitative estimate of drug-likeness (QED) is 0.609. The van der Waals surface area contributed by atoms with Crippen LogP contribution >= 0.6 is 0 Å². The van der Waals surface area contributed by atoms with Gasteiger partial charge in [-0.2, -0.15) is 0 Å². The van der Waals surface area contributed by atoms with Crippen molar-refractivity contribution in [1.29, 1.82) is 0 Å². The smallest absolute Gasteiger partial charge is 0.134 e. The average molecular weight is 173 g/mol. The summed E-state index contributed by atoms with van der Waals surface area (Å²) in [5.41, 5.74) is 2.01. The van der Waals surface area contributed by atoms with E-state index in [-0.39, 0.29) is 0 Å². The third-order valence-corrected chi connectivity index (χ3v) is 2.08. The van der Waals surface area contributed by atoms with Crippen LogP contribution in [0.3, 0.4) is 0 Å². The normalized spacial score (nSPS) is 11.5. The van der Waals surface area contributed by atoms with E-state index >= 15 is 0 Å². The molecule has 0 unspecified atom stereocenters. The van der Waals surface area contributed by atoms with E-state index in [2.05, 4.69) is 4.99 Å². The van der Waals surface area contributed by atoms with E-state index in [0.29, 0.717) is 0 Å². The minimum absolute atomic E-state index is 0.923. The summed E-state index contributed by atoms with van der Waals surface area (Å²) >= 11 is 0. The maximum Gasteiger partial charge on any atom is 0.134 e. The molecule has 1 aromatic carbocycles. The van der Waals surface area contributed by atoms with Gasteiger partial charge >= 0.3 is 0 Å². The van der Waals surface area contributed by atoms with E-state index in [9.17, 15) is 0 Å². The van der Waals surface area contributed by atoms with Crippen LogP contribution in [-0.2, 0) is 0 Å². The van der Waals surface area contributed by atoms with Gasteiger partial charge in [-0.1, -0.05) is 18.2 Å². The third kappa shape index (κ3) is 1.24. The largest absolute Gasteiger partial charge is 0.461 e. The lowest BCUT2D eigenvalue weighted by atomic mass is 10.1. The summed E-state index contributed by atoms with van der Waals surface area (Å²) < 4.78 is 5.56. The molecule has 0 aliphatic heterocycles. The van der Waals surface area contributed by atoms with Gasteiger partial charge in [0.25, 0.3) is 0 Å². The Balaban J connectivity index is 2.78. The molecule has 2 rings (SSSR count). The number of rotatable bonds is 1. The fourth-order valence-electron chi connectivity index (χ4n) is 1.48. The first-order chi connectivity index (χ1) is 6.33. The number of hydrogen-bond donors (Lipinski definition) is 0. The van der Waals surface area contributed by atoms with Gasteiger partial charge in [0.2, 0.25) is 0 Å². The van der Waals surface area contributed by atoms with Gasteiger partial charge in [0.1, 0.15) is 11.3 Å². The summed E-state index contributed by atoms with van der Waals surface area (Å²) in [6.07, 6.45) is 1.83. The van der Waals surface area contributed by atoms with Crippen molar-refractivity contribution >= 4 is 17.2 Å². The first-order valence-electron chi connectivity index (χ1n) is 4.23. The topological polar surface area (TPSA) is 25.5 Å². The van der Waals surface area contributed by atoms with E-state index in [1.54, 1.807) is 7.05 Å². The number of hydrogen-bond acceptors (Lipinski definition) is 2. The molecule has 2 nitrogen and oxygen atoms in total. The van der Waals surface area contributed by atoms with Gasteiger partial charge in [-0.25, -0.2) is 0 Å². The molecule has 0 aliphatic rings. The van der Waals surface area contributed by atoms with Crippen LogP contribution in [0, 0.1) is 6.92 Å². The summed E-state index contributed by atoms with van der Waals surface area (Å²) in [4.78, 5) is 4.00. The van der Waals surface area contributed by atoms with Crippen molar-refractivity contribution in [2.24, 2.45) is 4.99 Å². The molecule has 1 aromatic heterocycles. The minimum atomic E-state index is 0.923. The Bertz CT molecular complexity index is 454. The number of aliphatic imine (C=N–C) groups is 1. The second-order valence-corrected chi connectivity index (χ2v) is 2.96. The van der Waals surface area contributed by atoms with Crippen LogP contribution in [0.25, 0.3) is 11.0 Å². The zero-order valence-corrected chi connectivity index (χ0v) is 7.74. The van der Waals surface area contributed by atoms with E-state index in [1.165, 1.54) is 0 Å². The Morgan fingerprint density at radius 1 is 1.31 bits per heavy atom. The summed E-state index contributed by atoms with van der Waals surface area (Å²) in [6.45, 7) is 1.96. The van der Waals surface area contributed by atoms with Crippen molar-refractivity contribution in [2.45, 2.75) is 6.92 Å². The van der Waals surface area contributed by atoms with Gasteiger partial charge in [-0.05, 0) is 13.0 Å². The molecule has 0 radical (unpaired) electrons. The Kier molecular flexibility index (Phi) is 1.89. The monoisotopic (exact) mass is 173 g/mol. The molecule has 13 heavy (non-hydrogen) atoms. The first kappa shape index (κ1) is 8.05. The predicted molar refractivity (Wildman–Crippen MR) is 54.5 cm³/mol. The number of para-hydroxylation sites is 1. The van der Waals surface area contributed by atoms with E-state index in [0.717, 1.165) is 22.3 Å². The molecule has 2 aromatic rings. The van der Waals surface area contributed by atoms with Gasteiger partial charge < -0.3 is 4.42 Å². The summed E-state index contributed by atoms with van der Waals surface area (Å²) in [5, 5.41) is 1.13. The van der Waals surface area contributed by atoms with Crippen molar-refractivity contribution in [3.8, 4) is 0 Å². The number of furan rings is 1. The minimum Gasteiger partial charge on any atom is -0.461 e. The molecular formula is C11H11NO. The predicted octanol–water partition coefficient (Wildman–Crippen LogP) is 2.79. The molecule has 0 amide bonds. The van der Waals surface area contributed by atoms with Crippen molar-refractivity contribution in [3.05, 3.63) is 35.6 Å².